The Bertz CT molecular complexity index is 494. The number of carboxylic acids is 1. The summed E-state index contributed by atoms with van der Waals surface area (Å²) in [4.78, 5) is 26.8. The van der Waals surface area contributed by atoms with E-state index in [4.69, 9.17) is 28.3 Å². The van der Waals surface area contributed by atoms with E-state index in [0.29, 0.717) is 6.42 Å². The van der Waals surface area contributed by atoms with Gasteiger partial charge in [-0.05, 0) is 18.1 Å². The van der Waals surface area contributed by atoms with Gasteiger partial charge in [0.15, 0.2) is 0 Å². The van der Waals surface area contributed by atoms with Gasteiger partial charge in [0.25, 0.3) is 5.91 Å². The molecular formula is C12H14Cl2N2O3. The molecule has 0 spiro atoms. The summed E-state index contributed by atoms with van der Waals surface area (Å²) in [5.41, 5.74) is 0.0978. The van der Waals surface area contributed by atoms with Crippen LogP contribution < -0.4 is 5.32 Å². The lowest BCUT2D eigenvalue weighted by molar-refractivity contribution is -0.140. The number of carboxylic acid groups (broad SMARTS) is 1. The molecule has 2 atom stereocenters. The molecule has 104 valence electrons. The first kappa shape index (κ1) is 15.7. The fourth-order valence-electron chi connectivity index (χ4n) is 1.48. The number of nitrogens with zero attached hydrogens (tertiary/aromatic N) is 1. The van der Waals surface area contributed by atoms with Crippen LogP contribution in [0.3, 0.4) is 0 Å². The summed E-state index contributed by atoms with van der Waals surface area (Å²) < 4.78 is 0. The number of carbonyl (C=O) groups excluding carboxylic acids is 1. The van der Waals surface area contributed by atoms with Crippen LogP contribution in [0.5, 0.6) is 0 Å². The Kier molecular flexibility index (Phi) is 5.57. The van der Waals surface area contributed by atoms with Crippen LogP contribution in [0.4, 0.5) is 0 Å². The van der Waals surface area contributed by atoms with Crippen LogP contribution in [0.25, 0.3) is 0 Å². The molecular weight excluding hydrogens is 291 g/mol. The summed E-state index contributed by atoms with van der Waals surface area (Å²) in [5, 5.41) is 11.6. The van der Waals surface area contributed by atoms with Crippen molar-refractivity contribution in [2.24, 2.45) is 5.92 Å². The van der Waals surface area contributed by atoms with Gasteiger partial charge in [-0.1, -0.05) is 43.5 Å². The average molecular weight is 305 g/mol. The first-order valence-corrected chi connectivity index (χ1v) is 6.48. The highest BCUT2D eigenvalue weighted by atomic mass is 35.5. The van der Waals surface area contributed by atoms with Gasteiger partial charge in [0.2, 0.25) is 0 Å². The lowest BCUT2D eigenvalue weighted by Gasteiger charge is -2.20. The third kappa shape index (κ3) is 4.08. The first-order valence-electron chi connectivity index (χ1n) is 5.72. The number of nitrogens with one attached hydrogen (secondary N) is 1. The van der Waals surface area contributed by atoms with Crippen molar-refractivity contribution < 1.29 is 14.7 Å². The second-order valence-corrected chi connectivity index (χ2v) is 4.89. The van der Waals surface area contributed by atoms with Gasteiger partial charge in [-0.3, -0.25) is 4.79 Å². The Balaban J connectivity index is 2.91. The van der Waals surface area contributed by atoms with Crippen molar-refractivity contribution in [2.75, 3.05) is 0 Å². The van der Waals surface area contributed by atoms with Gasteiger partial charge in [-0.15, -0.1) is 0 Å². The molecule has 0 radical (unpaired) electrons. The lowest BCUT2D eigenvalue weighted by Crippen LogP contribution is -2.45. The summed E-state index contributed by atoms with van der Waals surface area (Å²) in [6, 6.07) is 1.86. The Hall–Kier alpha value is -1.33. The highest BCUT2D eigenvalue weighted by molar-refractivity contribution is 6.34. The SMILES string of the molecule is CCC(C)[C@H](NC(=O)c1ccc(Cl)nc1Cl)C(=O)O. The van der Waals surface area contributed by atoms with Gasteiger partial charge < -0.3 is 10.4 Å². The number of aromatic nitrogens is 1. The van der Waals surface area contributed by atoms with E-state index in [-0.39, 0.29) is 21.8 Å². The molecule has 5 nitrogen and oxygen atoms in total. The van der Waals surface area contributed by atoms with Crippen molar-refractivity contribution in [2.45, 2.75) is 26.3 Å². The van der Waals surface area contributed by atoms with Gasteiger partial charge in [0.1, 0.15) is 16.3 Å². The van der Waals surface area contributed by atoms with Crippen LogP contribution in [0.2, 0.25) is 10.3 Å². The van der Waals surface area contributed by atoms with Crippen molar-refractivity contribution >= 4 is 35.1 Å². The number of hydrogen-bond donors (Lipinski definition) is 2. The predicted octanol–water partition coefficient (Wildman–Crippen LogP) is 2.62. The van der Waals surface area contributed by atoms with Crippen molar-refractivity contribution in [3.05, 3.63) is 28.0 Å². The van der Waals surface area contributed by atoms with E-state index in [1.54, 1.807) is 6.92 Å². The maximum atomic E-state index is 12.0. The predicted molar refractivity (Wildman–Crippen MR) is 72.6 cm³/mol. The molecule has 1 amide bonds. The summed E-state index contributed by atoms with van der Waals surface area (Å²) in [5.74, 6) is -1.86. The Morgan fingerprint density at radius 1 is 1.42 bits per heavy atom. The summed E-state index contributed by atoms with van der Waals surface area (Å²) in [6.45, 7) is 3.60. The minimum Gasteiger partial charge on any atom is -0.480 e. The Labute approximate surface area is 120 Å². The van der Waals surface area contributed by atoms with Gasteiger partial charge in [0, 0.05) is 0 Å². The van der Waals surface area contributed by atoms with E-state index in [2.05, 4.69) is 10.3 Å². The van der Waals surface area contributed by atoms with Crippen molar-refractivity contribution in [3.63, 3.8) is 0 Å². The third-order valence-corrected chi connectivity index (χ3v) is 3.32. The molecule has 0 aliphatic rings. The fourth-order valence-corrected chi connectivity index (χ4v) is 1.91. The molecule has 0 aliphatic carbocycles. The molecule has 0 saturated heterocycles. The number of pyridine rings is 1. The van der Waals surface area contributed by atoms with Gasteiger partial charge in [-0.25, -0.2) is 9.78 Å². The van der Waals surface area contributed by atoms with Gasteiger partial charge in [0.05, 0.1) is 5.56 Å². The maximum Gasteiger partial charge on any atom is 0.326 e. The van der Waals surface area contributed by atoms with Gasteiger partial charge in [-0.2, -0.15) is 0 Å². The normalized spacial score (nSPS) is 13.7. The summed E-state index contributed by atoms with van der Waals surface area (Å²) >= 11 is 11.4. The lowest BCUT2D eigenvalue weighted by atomic mass is 9.99. The van der Waals surface area contributed by atoms with Crippen molar-refractivity contribution in [1.29, 1.82) is 0 Å². The minimum atomic E-state index is -1.08. The third-order valence-electron chi connectivity index (χ3n) is 2.83. The number of carbonyl (C=O) groups is 2. The molecule has 0 bridgehead atoms. The number of amides is 1. The molecule has 1 aromatic rings. The van der Waals surface area contributed by atoms with E-state index < -0.39 is 17.9 Å². The molecule has 1 aromatic heterocycles. The van der Waals surface area contributed by atoms with Crippen LogP contribution in [-0.2, 0) is 4.79 Å². The molecule has 1 unspecified atom stereocenters. The molecule has 7 heteroatoms. The Morgan fingerprint density at radius 3 is 2.53 bits per heavy atom. The van der Waals surface area contributed by atoms with Gasteiger partial charge >= 0.3 is 5.97 Å². The highest BCUT2D eigenvalue weighted by Crippen LogP contribution is 2.17. The largest absolute Gasteiger partial charge is 0.480 e. The summed E-state index contributed by atoms with van der Waals surface area (Å²) in [6.07, 6.45) is 0.629. The number of rotatable bonds is 5. The quantitative estimate of drug-likeness (QED) is 0.820. The van der Waals surface area contributed by atoms with Crippen LogP contribution >= 0.6 is 23.2 Å². The van der Waals surface area contributed by atoms with E-state index >= 15 is 0 Å². The maximum absolute atomic E-state index is 12.0. The molecule has 1 rings (SSSR count). The highest BCUT2D eigenvalue weighted by Gasteiger charge is 2.26. The van der Waals surface area contributed by atoms with E-state index in [1.807, 2.05) is 6.92 Å². The van der Waals surface area contributed by atoms with E-state index in [0.717, 1.165) is 0 Å². The van der Waals surface area contributed by atoms with Crippen LogP contribution in [0, 0.1) is 5.92 Å². The molecule has 1 heterocycles. The molecule has 0 aliphatic heterocycles. The zero-order valence-electron chi connectivity index (χ0n) is 10.5. The van der Waals surface area contributed by atoms with E-state index in [9.17, 15) is 9.59 Å². The number of hydrogen-bond acceptors (Lipinski definition) is 3. The van der Waals surface area contributed by atoms with E-state index in [1.165, 1.54) is 12.1 Å². The van der Waals surface area contributed by atoms with Crippen LogP contribution in [-0.4, -0.2) is 28.0 Å². The Morgan fingerprint density at radius 2 is 2.05 bits per heavy atom. The summed E-state index contributed by atoms with van der Waals surface area (Å²) in [7, 11) is 0. The second kappa shape index (κ2) is 6.73. The number of aliphatic carboxylic acids is 1. The molecule has 0 saturated carbocycles. The smallest absolute Gasteiger partial charge is 0.326 e. The number of halogens is 2. The minimum absolute atomic E-state index is 0.0571. The molecule has 0 fully saturated rings. The van der Waals surface area contributed by atoms with Crippen molar-refractivity contribution in [3.8, 4) is 0 Å². The van der Waals surface area contributed by atoms with Crippen molar-refractivity contribution in [1.82, 2.24) is 10.3 Å². The first-order chi connectivity index (χ1) is 8.86. The monoisotopic (exact) mass is 304 g/mol. The second-order valence-electron chi connectivity index (χ2n) is 4.15. The fraction of sp³-hybridized carbons (Fsp3) is 0.417. The standard InChI is InChI=1S/C12H14Cl2N2O3/c1-3-6(2)9(12(18)19)16-11(17)7-4-5-8(13)15-10(7)14/h4-6,9H,3H2,1-2H3,(H,16,17)(H,18,19)/t6?,9-/m0/s1. The zero-order valence-corrected chi connectivity index (χ0v) is 12.0. The molecule has 2 N–H and O–H groups in total. The molecule has 0 aromatic carbocycles. The molecule has 19 heavy (non-hydrogen) atoms. The average Bonchev–Trinajstić information content (AvgIpc) is 2.34. The van der Waals surface area contributed by atoms with Crippen LogP contribution in [0.1, 0.15) is 30.6 Å². The zero-order chi connectivity index (χ0) is 14.6. The topological polar surface area (TPSA) is 79.3 Å². The van der Waals surface area contributed by atoms with Crippen LogP contribution in [0.15, 0.2) is 12.1 Å².